The second-order valence-electron chi connectivity index (χ2n) is 7.33. The van der Waals surface area contributed by atoms with Crippen molar-refractivity contribution in [3.8, 4) is 0 Å². The van der Waals surface area contributed by atoms with Crippen LogP contribution in [0.1, 0.15) is 86.0 Å². The van der Waals surface area contributed by atoms with Crippen LogP contribution in [0, 0.1) is 11.3 Å². The number of aliphatic hydroxyl groups excluding tert-OH is 1. The third-order valence-electron chi connectivity index (χ3n) is 4.79. The third kappa shape index (κ3) is 6.25. The molecule has 21 heavy (non-hydrogen) atoms. The first-order valence-electron chi connectivity index (χ1n) is 8.90. The molecule has 0 aliphatic heterocycles. The van der Waals surface area contributed by atoms with Gasteiger partial charge in [-0.15, -0.1) is 0 Å². The van der Waals surface area contributed by atoms with Gasteiger partial charge in [-0.05, 0) is 38.0 Å². The minimum atomic E-state index is -0.751. The Morgan fingerprint density at radius 1 is 1.14 bits per heavy atom. The molecule has 0 spiro atoms. The fourth-order valence-corrected chi connectivity index (χ4v) is 3.30. The van der Waals surface area contributed by atoms with Gasteiger partial charge in [0.15, 0.2) is 12.6 Å². The molecule has 0 aromatic carbocycles. The standard InChI is InChI=1S/C18H36O3/c1-6-16(20-15-11-9-8-10-12-15)21-17(19)18(5,7-2)13-14(3)4/h14-17,19H,6-13H2,1-5H3. The molecule has 0 amide bonds. The first-order chi connectivity index (χ1) is 9.91. The Bertz CT molecular complexity index is 274. The molecule has 3 unspecified atom stereocenters. The SMILES string of the molecule is CCC(OC1CCCCC1)OC(O)C(C)(CC)CC(C)C. The molecule has 3 atom stereocenters. The summed E-state index contributed by atoms with van der Waals surface area (Å²) in [5.41, 5.74) is -0.197. The molecule has 1 saturated carbocycles. The van der Waals surface area contributed by atoms with E-state index in [1.807, 2.05) is 0 Å². The van der Waals surface area contributed by atoms with Crippen LogP contribution in [0.3, 0.4) is 0 Å². The summed E-state index contributed by atoms with van der Waals surface area (Å²) in [7, 11) is 0. The van der Waals surface area contributed by atoms with E-state index in [1.54, 1.807) is 0 Å². The summed E-state index contributed by atoms with van der Waals surface area (Å²) in [5, 5.41) is 10.5. The topological polar surface area (TPSA) is 38.7 Å². The molecule has 1 fully saturated rings. The Morgan fingerprint density at radius 2 is 1.76 bits per heavy atom. The molecular weight excluding hydrogens is 264 g/mol. The highest BCUT2D eigenvalue weighted by molar-refractivity contribution is 4.78. The average Bonchev–Trinajstić information content (AvgIpc) is 2.46. The maximum atomic E-state index is 10.5. The highest BCUT2D eigenvalue weighted by Crippen LogP contribution is 2.35. The van der Waals surface area contributed by atoms with Crippen molar-refractivity contribution in [1.82, 2.24) is 0 Å². The summed E-state index contributed by atoms with van der Waals surface area (Å²) in [5.74, 6) is 0.549. The van der Waals surface area contributed by atoms with Crippen molar-refractivity contribution < 1.29 is 14.6 Å². The lowest BCUT2D eigenvalue weighted by atomic mass is 9.79. The largest absolute Gasteiger partial charge is 0.367 e. The van der Waals surface area contributed by atoms with Crippen molar-refractivity contribution in [3.05, 3.63) is 0 Å². The molecule has 1 aliphatic rings. The average molecular weight is 300 g/mol. The van der Waals surface area contributed by atoms with Gasteiger partial charge in [-0.1, -0.05) is 53.9 Å². The fourth-order valence-electron chi connectivity index (χ4n) is 3.30. The maximum absolute atomic E-state index is 10.5. The molecule has 3 nitrogen and oxygen atoms in total. The van der Waals surface area contributed by atoms with Gasteiger partial charge >= 0.3 is 0 Å². The molecule has 1 aliphatic carbocycles. The molecule has 1 rings (SSSR count). The van der Waals surface area contributed by atoms with Crippen LogP contribution in [0.4, 0.5) is 0 Å². The summed E-state index contributed by atoms with van der Waals surface area (Å²) in [4.78, 5) is 0. The summed E-state index contributed by atoms with van der Waals surface area (Å²) >= 11 is 0. The fraction of sp³-hybridized carbons (Fsp3) is 1.00. The van der Waals surface area contributed by atoms with Crippen LogP contribution >= 0.6 is 0 Å². The van der Waals surface area contributed by atoms with Gasteiger partial charge in [0, 0.05) is 5.41 Å². The molecule has 126 valence electrons. The Labute approximate surface area is 131 Å². The van der Waals surface area contributed by atoms with E-state index < -0.39 is 6.29 Å². The Hall–Kier alpha value is -0.120. The second-order valence-corrected chi connectivity index (χ2v) is 7.33. The van der Waals surface area contributed by atoms with Crippen molar-refractivity contribution in [2.75, 3.05) is 0 Å². The molecule has 1 N–H and O–H groups in total. The van der Waals surface area contributed by atoms with Crippen LogP contribution in [0.5, 0.6) is 0 Å². The van der Waals surface area contributed by atoms with Crippen LogP contribution in [-0.4, -0.2) is 23.8 Å². The quantitative estimate of drug-likeness (QED) is 0.617. The van der Waals surface area contributed by atoms with Gasteiger partial charge in [-0.3, -0.25) is 0 Å². The maximum Gasteiger partial charge on any atom is 0.163 e. The van der Waals surface area contributed by atoms with Crippen LogP contribution in [0.15, 0.2) is 0 Å². The smallest absolute Gasteiger partial charge is 0.163 e. The van der Waals surface area contributed by atoms with Crippen molar-refractivity contribution >= 4 is 0 Å². The van der Waals surface area contributed by atoms with E-state index >= 15 is 0 Å². The van der Waals surface area contributed by atoms with Gasteiger partial charge in [0.1, 0.15) is 0 Å². The van der Waals surface area contributed by atoms with Crippen LogP contribution < -0.4 is 0 Å². The van der Waals surface area contributed by atoms with Gasteiger partial charge in [0.05, 0.1) is 6.10 Å². The van der Waals surface area contributed by atoms with Crippen LogP contribution in [-0.2, 0) is 9.47 Å². The predicted molar refractivity (Wildman–Crippen MR) is 87.0 cm³/mol. The molecule has 0 radical (unpaired) electrons. The molecule has 0 aromatic heterocycles. The zero-order valence-corrected chi connectivity index (χ0v) is 14.7. The van der Waals surface area contributed by atoms with Crippen LogP contribution in [0.2, 0.25) is 0 Å². The Balaban J connectivity index is 2.53. The number of rotatable bonds is 9. The number of hydrogen-bond donors (Lipinski definition) is 1. The zero-order chi connectivity index (χ0) is 15.9. The van der Waals surface area contributed by atoms with Gasteiger partial charge < -0.3 is 14.6 Å². The van der Waals surface area contributed by atoms with Gasteiger partial charge in [0.25, 0.3) is 0 Å². The van der Waals surface area contributed by atoms with Crippen molar-refractivity contribution in [1.29, 1.82) is 0 Å². The summed E-state index contributed by atoms with van der Waals surface area (Å²) in [6.45, 7) is 10.7. The second kappa shape index (κ2) is 9.12. The molecule has 0 heterocycles. The van der Waals surface area contributed by atoms with E-state index in [9.17, 15) is 5.11 Å². The van der Waals surface area contributed by atoms with E-state index in [-0.39, 0.29) is 11.7 Å². The van der Waals surface area contributed by atoms with Crippen molar-refractivity contribution in [2.24, 2.45) is 11.3 Å². The molecular formula is C18H36O3. The Kier molecular flexibility index (Phi) is 8.22. The number of hydrogen-bond acceptors (Lipinski definition) is 3. The predicted octanol–water partition coefficient (Wildman–Crippen LogP) is 4.87. The van der Waals surface area contributed by atoms with E-state index in [4.69, 9.17) is 9.47 Å². The van der Waals surface area contributed by atoms with Crippen molar-refractivity contribution in [2.45, 2.75) is 105 Å². The van der Waals surface area contributed by atoms with Crippen LogP contribution in [0.25, 0.3) is 0 Å². The summed E-state index contributed by atoms with van der Waals surface area (Å²) < 4.78 is 12.0. The van der Waals surface area contributed by atoms with E-state index in [0.29, 0.717) is 12.0 Å². The molecule has 3 heteroatoms. The van der Waals surface area contributed by atoms with E-state index in [2.05, 4.69) is 34.6 Å². The molecule has 0 bridgehead atoms. The highest BCUT2D eigenvalue weighted by Gasteiger charge is 2.35. The lowest BCUT2D eigenvalue weighted by Crippen LogP contribution is -2.39. The Morgan fingerprint density at radius 3 is 2.24 bits per heavy atom. The van der Waals surface area contributed by atoms with Gasteiger partial charge in [-0.2, -0.15) is 0 Å². The molecule has 0 aromatic rings. The lowest BCUT2D eigenvalue weighted by molar-refractivity contribution is -0.280. The monoisotopic (exact) mass is 300 g/mol. The lowest BCUT2D eigenvalue weighted by Gasteiger charge is -2.37. The minimum absolute atomic E-state index is 0.197. The van der Waals surface area contributed by atoms with Gasteiger partial charge in [-0.25, -0.2) is 0 Å². The van der Waals surface area contributed by atoms with E-state index in [0.717, 1.165) is 32.1 Å². The minimum Gasteiger partial charge on any atom is -0.367 e. The normalized spacial score (nSPS) is 23.0. The number of ether oxygens (including phenoxy) is 2. The van der Waals surface area contributed by atoms with E-state index in [1.165, 1.54) is 19.3 Å². The molecule has 0 saturated heterocycles. The first kappa shape index (κ1) is 18.9. The van der Waals surface area contributed by atoms with Gasteiger partial charge in [0.2, 0.25) is 0 Å². The highest BCUT2D eigenvalue weighted by atomic mass is 16.7. The first-order valence-corrected chi connectivity index (χ1v) is 8.90. The zero-order valence-electron chi connectivity index (χ0n) is 14.7. The summed E-state index contributed by atoms with van der Waals surface area (Å²) in [6.07, 6.45) is 8.04. The number of aliphatic hydroxyl groups is 1. The van der Waals surface area contributed by atoms with Crippen molar-refractivity contribution in [3.63, 3.8) is 0 Å². The summed E-state index contributed by atoms with van der Waals surface area (Å²) in [6, 6.07) is 0. The third-order valence-corrected chi connectivity index (χ3v) is 4.79.